The number of ketones is 1. The molecule has 0 fully saturated rings. The standard InChI is InChI=1S/C9H14O3/c1-7(9(11)12-3)5-4-6-8(2)10/h4,6-7H,5H2,1-3H3/b6-4+/t7-/m1/s1. The first-order chi connectivity index (χ1) is 5.57. The lowest BCUT2D eigenvalue weighted by molar-refractivity contribution is -0.144. The zero-order valence-corrected chi connectivity index (χ0v) is 7.66. The summed E-state index contributed by atoms with van der Waals surface area (Å²) >= 11 is 0. The van der Waals surface area contributed by atoms with Gasteiger partial charge in [0, 0.05) is 0 Å². The molecule has 0 aromatic heterocycles. The molecule has 12 heavy (non-hydrogen) atoms. The predicted octanol–water partition coefficient (Wildman–Crippen LogP) is 1.33. The molecule has 0 aliphatic rings. The third kappa shape index (κ3) is 4.66. The normalized spacial score (nSPS) is 12.9. The number of carbonyl (C=O) groups excluding carboxylic acids is 2. The van der Waals surface area contributed by atoms with Crippen LogP contribution in [0.15, 0.2) is 12.2 Å². The molecule has 0 heterocycles. The lowest BCUT2D eigenvalue weighted by Crippen LogP contribution is -2.11. The van der Waals surface area contributed by atoms with Crippen LogP contribution in [0.3, 0.4) is 0 Å². The Bertz CT molecular complexity index is 194. The molecule has 0 aromatic carbocycles. The molecule has 0 amide bonds. The Morgan fingerprint density at radius 1 is 1.50 bits per heavy atom. The van der Waals surface area contributed by atoms with Gasteiger partial charge in [-0.1, -0.05) is 13.0 Å². The van der Waals surface area contributed by atoms with E-state index in [-0.39, 0.29) is 17.7 Å². The van der Waals surface area contributed by atoms with Gasteiger partial charge in [-0.25, -0.2) is 0 Å². The Morgan fingerprint density at radius 3 is 2.50 bits per heavy atom. The predicted molar refractivity (Wildman–Crippen MR) is 45.6 cm³/mol. The Morgan fingerprint density at radius 2 is 2.08 bits per heavy atom. The highest BCUT2D eigenvalue weighted by atomic mass is 16.5. The minimum atomic E-state index is -0.247. The highest BCUT2D eigenvalue weighted by Crippen LogP contribution is 2.04. The first kappa shape index (κ1) is 10.9. The number of esters is 1. The smallest absolute Gasteiger partial charge is 0.308 e. The zero-order valence-electron chi connectivity index (χ0n) is 7.66. The molecule has 68 valence electrons. The molecule has 0 aromatic rings. The molecule has 0 aliphatic heterocycles. The van der Waals surface area contributed by atoms with Gasteiger partial charge in [-0.15, -0.1) is 0 Å². The largest absolute Gasteiger partial charge is 0.469 e. The van der Waals surface area contributed by atoms with E-state index in [0.717, 1.165) is 0 Å². The van der Waals surface area contributed by atoms with Crippen molar-refractivity contribution >= 4 is 11.8 Å². The molecular formula is C9H14O3. The maximum Gasteiger partial charge on any atom is 0.308 e. The third-order valence-electron chi connectivity index (χ3n) is 1.45. The number of allylic oxidation sites excluding steroid dienone is 2. The van der Waals surface area contributed by atoms with Gasteiger partial charge in [0.15, 0.2) is 5.78 Å². The number of carbonyl (C=O) groups is 2. The van der Waals surface area contributed by atoms with Crippen LogP contribution in [0.4, 0.5) is 0 Å². The second-order valence-corrected chi connectivity index (χ2v) is 2.67. The van der Waals surface area contributed by atoms with Crippen LogP contribution in [-0.4, -0.2) is 18.9 Å². The molecule has 0 spiro atoms. The highest BCUT2D eigenvalue weighted by molar-refractivity contribution is 5.87. The van der Waals surface area contributed by atoms with Gasteiger partial charge in [-0.3, -0.25) is 9.59 Å². The average Bonchev–Trinajstić information content (AvgIpc) is 2.02. The molecular weight excluding hydrogens is 156 g/mol. The molecule has 0 unspecified atom stereocenters. The maximum absolute atomic E-state index is 10.8. The fraction of sp³-hybridized carbons (Fsp3) is 0.556. The Labute approximate surface area is 72.4 Å². The van der Waals surface area contributed by atoms with Crippen LogP contribution in [0.25, 0.3) is 0 Å². The molecule has 0 saturated carbocycles. The van der Waals surface area contributed by atoms with Crippen molar-refractivity contribution in [2.45, 2.75) is 20.3 Å². The second kappa shape index (κ2) is 5.52. The number of rotatable bonds is 4. The fourth-order valence-corrected chi connectivity index (χ4v) is 0.736. The van der Waals surface area contributed by atoms with E-state index in [1.54, 1.807) is 13.0 Å². The Balaban J connectivity index is 3.78. The zero-order chi connectivity index (χ0) is 9.56. The van der Waals surface area contributed by atoms with Crippen LogP contribution in [0.5, 0.6) is 0 Å². The summed E-state index contributed by atoms with van der Waals surface area (Å²) in [7, 11) is 1.35. The van der Waals surface area contributed by atoms with E-state index in [9.17, 15) is 9.59 Å². The van der Waals surface area contributed by atoms with E-state index in [0.29, 0.717) is 6.42 Å². The van der Waals surface area contributed by atoms with E-state index >= 15 is 0 Å². The quantitative estimate of drug-likeness (QED) is 0.472. The molecule has 3 nitrogen and oxygen atoms in total. The first-order valence-corrected chi connectivity index (χ1v) is 3.83. The van der Waals surface area contributed by atoms with Crippen LogP contribution in [0.2, 0.25) is 0 Å². The van der Waals surface area contributed by atoms with Crippen molar-refractivity contribution in [3.63, 3.8) is 0 Å². The lowest BCUT2D eigenvalue weighted by Gasteiger charge is -2.04. The second-order valence-electron chi connectivity index (χ2n) is 2.67. The van der Waals surface area contributed by atoms with Crippen molar-refractivity contribution in [2.24, 2.45) is 5.92 Å². The Kier molecular flexibility index (Phi) is 5.00. The van der Waals surface area contributed by atoms with Gasteiger partial charge < -0.3 is 4.74 Å². The molecule has 0 N–H and O–H groups in total. The van der Waals surface area contributed by atoms with Crippen LogP contribution >= 0.6 is 0 Å². The summed E-state index contributed by atoms with van der Waals surface area (Å²) in [6.07, 6.45) is 3.69. The van der Waals surface area contributed by atoms with E-state index < -0.39 is 0 Å². The minimum absolute atomic E-state index is 0.00735. The van der Waals surface area contributed by atoms with E-state index in [1.807, 2.05) is 0 Å². The van der Waals surface area contributed by atoms with Gasteiger partial charge >= 0.3 is 5.97 Å². The van der Waals surface area contributed by atoms with Gasteiger partial charge in [0.05, 0.1) is 13.0 Å². The summed E-state index contributed by atoms with van der Waals surface area (Å²) < 4.78 is 4.51. The van der Waals surface area contributed by atoms with Crippen molar-refractivity contribution in [2.75, 3.05) is 7.11 Å². The summed E-state index contributed by atoms with van der Waals surface area (Å²) in [5.74, 6) is -0.430. The summed E-state index contributed by atoms with van der Waals surface area (Å²) in [4.78, 5) is 21.3. The fourth-order valence-electron chi connectivity index (χ4n) is 0.736. The summed E-state index contributed by atoms with van der Waals surface area (Å²) in [6, 6.07) is 0. The summed E-state index contributed by atoms with van der Waals surface area (Å²) in [6.45, 7) is 3.23. The van der Waals surface area contributed by atoms with Crippen molar-refractivity contribution in [1.29, 1.82) is 0 Å². The van der Waals surface area contributed by atoms with E-state index in [2.05, 4.69) is 4.74 Å². The van der Waals surface area contributed by atoms with Crippen molar-refractivity contribution < 1.29 is 14.3 Å². The summed E-state index contributed by atoms with van der Waals surface area (Å²) in [5, 5.41) is 0. The van der Waals surface area contributed by atoms with E-state index in [1.165, 1.54) is 20.1 Å². The van der Waals surface area contributed by atoms with Crippen LogP contribution in [-0.2, 0) is 14.3 Å². The molecule has 0 radical (unpaired) electrons. The summed E-state index contributed by atoms with van der Waals surface area (Å²) in [5.41, 5.74) is 0. The molecule has 0 aliphatic carbocycles. The average molecular weight is 170 g/mol. The van der Waals surface area contributed by atoms with E-state index in [4.69, 9.17) is 0 Å². The van der Waals surface area contributed by atoms with Crippen LogP contribution in [0.1, 0.15) is 20.3 Å². The molecule has 0 saturated heterocycles. The van der Waals surface area contributed by atoms with Crippen molar-refractivity contribution in [3.05, 3.63) is 12.2 Å². The molecule has 0 bridgehead atoms. The van der Waals surface area contributed by atoms with Gasteiger partial charge in [-0.05, 0) is 19.4 Å². The maximum atomic E-state index is 10.8. The van der Waals surface area contributed by atoms with Gasteiger partial charge in [0.2, 0.25) is 0 Å². The van der Waals surface area contributed by atoms with Crippen LogP contribution in [0, 0.1) is 5.92 Å². The molecule has 0 rings (SSSR count). The van der Waals surface area contributed by atoms with Gasteiger partial charge in [-0.2, -0.15) is 0 Å². The van der Waals surface area contributed by atoms with Crippen molar-refractivity contribution in [1.82, 2.24) is 0 Å². The van der Waals surface area contributed by atoms with Crippen molar-refractivity contribution in [3.8, 4) is 0 Å². The van der Waals surface area contributed by atoms with Gasteiger partial charge in [0.25, 0.3) is 0 Å². The monoisotopic (exact) mass is 170 g/mol. The number of hydrogen-bond donors (Lipinski definition) is 0. The third-order valence-corrected chi connectivity index (χ3v) is 1.45. The SMILES string of the molecule is COC(=O)[C@H](C)C/C=C/C(C)=O. The molecule has 1 atom stereocenters. The number of methoxy groups -OCH3 is 1. The number of ether oxygens (including phenoxy) is 1. The first-order valence-electron chi connectivity index (χ1n) is 3.83. The topological polar surface area (TPSA) is 43.4 Å². The highest BCUT2D eigenvalue weighted by Gasteiger charge is 2.10. The van der Waals surface area contributed by atoms with Crippen LogP contribution < -0.4 is 0 Å². The molecule has 3 heteroatoms. The number of hydrogen-bond acceptors (Lipinski definition) is 3. The lowest BCUT2D eigenvalue weighted by atomic mass is 10.1. The Hall–Kier alpha value is -1.12. The minimum Gasteiger partial charge on any atom is -0.469 e. The van der Waals surface area contributed by atoms with Gasteiger partial charge in [0.1, 0.15) is 0 Å².